The molecule has 40 heteroatoms. The molecule has 0 spiro atoms. The van der Waals surface area contributed by atoms with Crippen molar-refractivity contribution in [1.29, 1.82) is 0 Å². The maximum Gasteiger partial charge on any atom is 0.335 e. The molecule has 2 saturated heterocycles. The Morgan fingerprint density at radius 3 is 1.91 bits per heavy atom. The van der Waals surface area contributed by atoms with Gasteiger partial charge in [-0.15, -0.1) is 0 Å². The van der Waals surface area contributed by atoms with E-state index in [9.17, 15) is 75.7 Å². The SMILES string of the molecule is CNC1C(=O)NC2Cc3ccc(cc3)Oc3cc4cc(c3OC3OC(C(=O)O)C(O)C(O)C3NC(=O)CCCCCCCCC(C)C)Oc3ccc(cc3Cl)C(O)C3NC(=O)C(NC(=O)C4NC(=O)C(NC2=O)c2cc(cc(O)c2Cl)Oc2cc1ccc2O)c1ccc(O)c(c1)-c1c(OC2OC(CO)C(O)C(O)C2O)cc(O)cc1C(C(=O)NCCCN(C)C)NC3=O. The fraction of sp³-hybridized carbons (Fsp3) is 0.420. The largest absolute Gasteiger partial charge is 0.508 e. The summed E-state index contributed by atoms with van der Waals surface area (Å²) in [6.45, 7) is 3.61. The summed E-state index contributed by atoms with van der Waals surface area (Å²) < 4.78 is 44.5. The number of aliphatic carboxylic acids is 1. The molecule has 128 heavy (non-hydrogen) atoms. The van der Waals surface area contributed by atoms with Crippen LogP contribution in [0, 0.1) is 5.92 Å². The molecule has 2 fully saturated rings. The first kappa shape index (κ1) is 93.7. The lowest BCUT2D eigenvalue weighted by atomic mass is 9.89. The van der Waals surface area contributed by atoms with Gasteiger partial charge in [0.25, 0.3) is 0 Å². The number of rotatable bonds is 22. The van der Waals surface area contributed by atoms with Crippen LogP contribution in [0.2, 0.25) is 10.0 Å². The summed E-state index contributed by atoms with van der Waals surface area (Å²) in [6.07, 6.45) is -15.8. The smallest absolute Gasteiger partial charge is 0.335 e. The van der Waals surface area contributed by atoms with Crippen LogP contribution >= 0.6 is 23.2 Å². The molecule has 0 saturated carbocycles. The molecule has 8 aliphatic rings. The van der Waals surface area contributed by atoms with Crippen LogP contribution in [0.3, 0.4) is 0 Å². The third-order valence-electron chi connectivity index (χ3n) is 22.7. The molecule has 8 heterocycles. The van der Waals surface area contributed by atoms with Gasteiger partial charge in [0.1, 0.15) is 131 Å². The van der Waals surface area contributed by atoms with Crippen molar-refractivity contribution in [3.63, 3.8) is 0 Å². The molecule has 15 rings (SSSR count). The molecule has 0 aliphatic carbocycles. The number of unbranched alkanes of at least 4 members (excludes halogenated alkanes) is 5. The van der Waals surface area contributed by atoms with Crippen LogP contribution in [0.1, 0.15) is 147 Å². The van der Waals surface area contributed by atoms with Gasteiger partial charge in [-0.05, 0) is 153 Å². The van der Waals surface area contributed by atoms with Crippen molar-refractivity contribution in [2.75, 3.05) is 40.8 Å². The number of hydrogen-bond donors (Lipinski definition) is 21. The Bertz CT molecular complexity index is 5340. The van der Waals surface area contributed by atoms with Gasteiger partial charge in [-0.25, -0.2) is 4.79 Å². The molecule has 8 amide bonds. The summed E-state index contributed by atoms with van der Waals surface area (Å²) in [7, 11) is 4.95. The second-order valence-electron chi connectivity index (χ2n) is 32.7. The third-order valence-corrected chi connectivity index (χ3v) is 23.4. The van der Waals surface area contributed by atoms with Gasteiger partial charge in [-0.2, -0.15) is 0 Å². The van der Waals surface area contributed by atoms with Crippen LogP contribution in [-0.2, 0) is 59.0 Å². The molecule has 8 aliphatic heterocycles. The summed E-state index contributed by atoms with van der Waals surface area (Å²) in [6, 6.07) is 5.68. The van der Waals surface area contributed by atoms with Crippen molar-refractivity contribution >= 4 is 76.4 Å². The highest BCUT2D eigenvalue weighted by molar-refractivity contribution is 6.33. The molecule has 0 aromatic heterocycles. The lowest BCUT2D eigenvalue weighted by Crippen LogP contribution is -2.66. The molecular formula is C88H100Cl2N10O28. The fourth-order valence-corrected chi connectivity index (χ4v) is 16.4. The number of fused-ring (bicyclic) bond motifs is 14. The first-order valence-corrected chi connectivity index (χ1v) is 42.3. The minimum absolute atomic E-state index is 0.0943. The summed E-state index contributed by atoms with van der Waals surface area (Å²) in [5.41, 5.74) is -2.68. The Labute approximate surface area is 742 Å². The summed E-state index contributed by atoms with van der Waals surface area (Å²) in [5.74, 6) is -17.5. The predicted molar refractivity (Wildman–Crippen MR) is 452 cm³/mol. The number of aliphatic hydroxyl groups is 7. The number of carboxylic acid groups (broad SMARTS) is 1. The number of aromatic hydroxyl groups is 4. The fourth-order valence-electron chi connectivity index (χ4n) is 15.9. The van der Waals surface area contributed by atoms with Gasteiger partial charge in [0.2, 0.25) is 65.6 Å². The van der Waals surface area contributed by atoms with E-state index in [0.29, 0.717) is 30.9 Å². The molecule has 38 nitrogen and oxygen atoms in total. The average Bonchev–Trinajstić information content (AvgIpc) is 0.755. The van der Waals surface area contributed by atoms with Gasteiger partial charge in [0.15, 0.2) is 29.1 Å². The first-order chi connectivity index (χ1) is 61.1. The van der Waals surface area contributed by atoms with E-state index in [1.807, 2.05) is 0 Å². The van der Waals surface area contributed by atoms with E-state index < -0.39 is 271 Å². The lowest BCUT2D eigenvalue weighted by molar-refractivity contribution is -0.277. The highest BCUT2D eigenvalue weighted by Gasteiger charge is 2.52. The second kappa shape index (κ2) is 40.6. The predicted octanol–water partition coefficient (Wildman–Crippen LogP) is 4.17. The zero-order valence-corrected chi connectivity index (χ0v) is 71.2. The van der Waals surface area contributed by atoms with Gasteiger partial charge >= 0.3 is 5.97 Å². The van der Waals surface area contributed by atoms with E-state index in [1.165, 1.54) is 49.5 Å². The van der Waals surface area contributed by atoms with E-state index in [1.54, 1.807) is 19.0 Å². The highest BCUT2D eigenvalue weighted by atomic mass is 35.5. The number of phenolic OH excluding ortho intramolecular Hbond substituents is 4. The monoisotopic (exact) mass is 1810 g/mol. The quantitative estimate of drug-likeness (QED) is 0.0423. The average molecular weight is 1820 g/mol. The van der Waals surface area contributed by atoms with E-state index >= 15 is 28.8 Å². The Hall–Kier alpha value is -11.9. The number of carbonyl (C=O) groups is 9. The number of nitrogens with zero attached hydrogens (tertiary/aromatic N) is 1. The Morgan fingerprint density at radius 1 is 0.562 bits per heavy atom. The number of amides is 8. The van der Waals surface area contributed by atoms with Gasteiger partial charge in [-0.3, -0.25) is 38.4 Å². The molecule has 7 aromatic carbocycles. The Balaban J connectivity index is 1.04. The number of nitrogens with one attached hydrogen (secondary N) is 9. The Kier molecular flexibility index (Phi) is 29.7. The van der Waals surface area contributed by atoms with Crippen LogP contribution in [0.4, 0.5) is 0 Å². The molecule has 17 bridgehead atoms. The number of ether oxygens (including phenoxy) is 7. The first-order valence-electron chi connectivity index (χ1n) is 41.5. The number of hydrogen-bond acceptors (Lipinski definition) is 29. The zero-order valence-electron chi connectivity index (χ0n) is 69.7. The van der Waals surface area contributed by atoms with Gasteiger partial charge in [-0.1, -0.05) is 106 Å². The summed E-state index contributed by atoms with van der Waals surface area (Å²) in [4.78, 5) is 140. The minimum Gasteiger partial charge on any atom is -0.508 e. The van der Waals surface area contributed by atoms with Crippen molar-refractivity contribution in [2.45, 2.75) is 188 Å². The topological polar surface area (TPSA) is 573 Å². The number of carboxylic acids is 1. The maximum absolute atomic E-state index is 16.8. The lowest BCUT2D eigenvalue weighted by Gasteiger charge is -2.41. The molecule has 7 aromatic rings. The number of likely N-dealkylation sites (N-methyl/N-ethyl adjacent to an activating group) is 1. The molecule has 18 atom stereocenters. The van der Waals surface area contributed by atoms with Crippen LogP contribution in [0.25, 0.3) is 11.1 Å². The minimum atomic E-state index is -2.45. The zero-order chi connectivity index (χ0) is 92.0. The molecule has 0 radical (unpaired) electrons. The number of phenols is 4. The van der Waals surface area contributed by atoms with Gasteiger partial charge in [0.05, 0.1) is 16.7 Å². The van der Waals surface area contributed by atoms with Gasteiger partial charge < -0.3 is 147 Å². The van der Waals surface area contributed by atoms with Crippen molar-refractivity contribution < 1.29 is 138 Å². The Morgan fingerprint density at radius 2 is 1.21 bits per heavy atom. The molecule has 18 unspecified atom stereocenters. The van der Waals surface area contributed by atoms with Crippen LogP contribution in [0.15, 0.2) is 115 Å². The second-order valence-corrected chi connectivity index (χ2v) is 33.5. The van der Waals surface area contributed by atoms with Crippen LogP contribution in [0.5, 0.6) is 69.0 Å². The van der Waals surface area contributed by atoms with E-state index in [0.717, 1.165) is 105 Å². The number of carbonyl (C=O) groups excluding carboxylic acids is 8. The van der Waals surface area contributed by atoms with E-state index in [4.69, 9.17) is 56.4 Å². The number of aliphatic hydroxyl groups excluding tert-OH is 7. The van der Waals surface area contributed by atoms with Gasteiger partial charge in [0, 0.05) is 48.2 Å². The number of benzene rings is 7. The number of halogens is 2. The van der Waals surface area contributed by atoms with Crippen molar-refractivity contribution in [3.05, 3.63) is 164 Å². The molecular weight excluding hydrogens is 1720 g/mol. The molecule has 684 valence electrons. The summed E-state index contributed by atoms with van der Waals surface area (Å²) >= 11 is 14.3. The van der Waals surface area contributed by atoms with Crippen LogP contribution < -0.4 is 71.5 Å². The van der Waals surface area contributed by atoms with Crippen molar-refractivity contribution in [3.8, 4) is 80.1 Å². The third kappa shape index (κ3) is 21.1. The van der Waals surface area contributed by atoms with E-state index in [-0.39, 0.29) is 47.8 Å². The van der Waals surface area contributed by atoms with Crippen LogP contribution in [-0.4, -0.2) is 234 Å². The maximum atomic E-state index is 16.8. The molecule has 21 N–H and O–H groups in total. The standard InChI is InChI=1S/C88H100Cl2N10O28/c1-38(2)13-10-8-6-7-9-11-14-61(106)94-70-73(109)75(111)78(86(120)121)128-87(70)127-77-58-31-43-32-59(77)124-55-24-19-42(29-50(55)89)71(107)69-85(119)98-67(80(114)92-25-12-26-100(4)5)48-33-44(102)34-57(125-88-76(112)74(110)72(108)60(37-101)126-88)62(48)47-28-40(17-22-52(47)103)65(82(116)99-69)95-83(117)66(43)96-84(118)68-49-35-46(36-54(105)63(49)90)123-56-30-41(18-23-53(56)104)64(91-3)81(115)93-51(79(113)97-68)27-39-15-20-45(122-58)21-16-39/h15-24,28-36,38,51,60,64-76,78,87-88,91,101-105,107-112H,6-14,25-27,37H2,1-5H3,(H,92,114)(H,93,115)(H,94,106)(H,95,117)(H,96,118)(H,97,113)(H,98,119)(H,99,116)(H,120,121). The normalized spacial score (nSPS) is 25.8. The highest BCUT2D eigenvalue weighted by Crippen LogP contribution is 2.51. The van der Waals surface area contributed by atoms with Crippen molar-refractivity contribution in [2.24, 2.45) is 5.92 Å². The summed E-state index contributed by atoms with van der Waals surface area (Å²) in [5, 5.41) is 161. The van der Waals surface area contributed by atoms with E-state index in [2.05, 4.69) is 61.7 Å². The van der Waals surface area contributed by atoms with Crippen molar-refractivity contribution in [1.82, 2.24) is 52.8 Å².